The molecule has 1 N–H and O–H groups in total. The van der Waals surface area contributed by atoms with Crippen LogP contribution in [-0.4, -0.2) is 19.3 Å². The minimum Gasteiger partial charge on any atom is -0.491 e. The topological polar surface area (TPSA) is 39.7 Å². The van der Waals surface area contributed by atoms with E-state index in [9.17, 15) is 0 Å². The second kappa shape index (κ2) is 11.0. The Bertz CT molecular complexity index is 849. The van der Waals surface area contributed by atoms with Gasteiger partial charge in [-0.15, -0.1) is 0 Å². The van der Waals surface area contributed by atoms with Gasteiger partial charge < -0.3 is 19.5 Å². The highest BCUT2D eigenvalue weighted by atomic mass is 16.5. The number of nitrogens with one attached hydrogen (secondary N) is 1. The molecule has 0 heterocycles. The van der Waals surface area contributed by atoms with Crippen LogP contribution < -0.4 is 19.5 Å². The number of benzene rings is 3. The van der Waals surface area contributed by atoms with Gasteiger partial charge in [0.2, 0.25) is 0 Å². The summed E-state index contributed by atoms with van der Waals surface area (Å²) < 4.78 is 17.4. The second-order valence-corrected chi connectivity index (χ2v) is 6.84. The average Bonchev–Trinajstić information content (AvgIpc) is 2.77. The largest absolute Gasteiger partial charge is 0.491 e. The molecule has 0 amide bonds. The van der Waals surface area contributed by atoms with E-state index in [2.05, 4.69) is 31.3 Å². The summed E-state index contributed by atoms with van der Waals surface area (Å²) in [4.78, 5) is 0. The van der Waals surface area contributed by atoms with Crippen LogP contribution in [0.5, 0.6) is 17.2 Å². The molecule has 3 aromatic carbocycles. The fraction of sp³-hybridized carbons (Fsp3) is 0.280. The van der Waals surface area contributed by atoms with Gasteiger partial charge in [0, 0.05) is 6.54 Å². The highest BCUT2D eigenvalue weighted by Gasteiger charge is 2.04. The van der Waals surface area contributed by atoms with E-state index in [-0.39, 0.29) is 6.10 Å². The van der Waals surface area contributed by atoms with E-state index in [0.29, 0.717) is 19.8 Å². The number of ether oxygens (including phenoxy) is 3. The zero-order valence-electron chi connectivity index (χ0n) is 17.1. The summed E-state index contributed by atoms with van der Waals surface area (Å²) in [7, 11) is 0. The molecular weight excluding hydrogens is 362 g/mol. The normalized spacial score (nSPS) is 11.5. The summed E-state index contributed by atoms with van der Waals surface area (Å²) in [5.41, 5.74) is 2.15. The van der Waals surface area contributed by atoms with Crippen LogP contribution in [0.25, 0.3) is 0 Å². The lowest BCUT2D eigenvalue weighted by Gasteiger charge is -2.15. The summed E-state index contributed by atoms with van der Waals surface area (Å²) in [5.74, 6) is 2.58. The lowest BCUT2D eigenvalue weighted by atomic mass is 10.2. The van der Waals surface area contributed by atoms with Gasteiger partial charge in [0.25, 0.3) is 0 Å². The van der Waals surface area contributed by atoms with Crippen LogP contribution in [0.15, 0.2) is 78.9 Å². The SMILES string of the molecule is CCC(C)Oc1ccc(CNc2ccccc2OCCOc2ccccc2)cc1. The predicted octanol–water partition coefficient (Wildman–Crippen LogP) is 5.93. The highest BCUT2D eigenvalue weighted by Crippen LogP contribution is 2.25. The van der Waals surface area contributed by atoms with E-state index in [4.69, 9.17) is 14.2 Å². The van der Waals surface area contributed by atoms with Gasteiger partial charge in [-0.1, -0.05) is 49.4 Å². The molecule has 4 nitrogen and oxygen atoms in total. The Morgan fingerprint density at radius 3 is 2.21 bits per heavy atom. The van der Waals surface area contributed by atoms with Crippen LogP contribution in [0, 0.1) is 0 Å². The molecular formula is C25H29NO3. The lowest BCUT2D eigenvalue weighted by Crippen LogP contribution is -2.10. The Balaban J connectivity index is 1.48. The third-order valence-corrected chi connectivity index (χ3v) is 4.56. The van der Waals surface area contributed by atoms with Crippen molar-refractivity contribution in [2.45, 2.75) is 32.9 Å². The number of hydrogen-bond donors (Lipinski definition) is 1. The zero-order valence-corrected chi connectivity index (χ0v) is 17.1. The molecule has 0 saturated heterocycles. The van der Waals surface area contributed by atoms with Gasteiger partial charge in [-0.05, 0) is 55.3 Å². The molecule has 0 fully saturated rings. The van der Waals surface area contributed by atoms with Crippen LogP contribution in [0.1, 0.15) is 25.8 Å². The van der Waals surface area contributed by atoms with Crippen LogP contribution in [-0.2, 0) is 6.54 Å². The fourth-order valence-electron chi connectivity index (χ4n) is 2.77. The van der Waals surface area contributed by atoms with Crippen molar-refractivity contribution in [1.82, 2.24) is 0 Å². The fourth-order valence-corrected chi connectivity index (χ4v) is 2.77. The molecule has 1 unspecified atom stereocenters. The molecule has 152 valence electrons. The third-order valence-electron chi connectivity index (χ3n) is 4.56. The standard InChI is InChI=1S/C25H29NO3/c1-3-20(2)29-23-15-13-21(14-16-23)19-26-24-11-7-8-12-25(24)28-18-17-27-22-9-5-4-6-10-22/h4-16,20,26H,3,17-19H2,1-2H3. The number of para-hydroxylation sites is 3. The van der Waals surface area contributed by atoms with Crippen LogP contribution in [0.2, 0.25) is 0 Å². The monoisotopic (exact) mass is 391 g/mol. The van der Waals surface area contributed by atoms with E-state index in [1.807, 2.05) is 66.7 Å². The van der Waals surface area contributed by atoms with Crippen molar-refractivity contribution in [2.24, 2.45) is 0 Å². The average molecular weight is 392 g/mol. The summed E-state index contributed by atoms with van der Waals surface area (Å²) in [6.45, 7) is 5.89. The molecule has 0 aliphatic rings. The van der Waals surface area contributed by atoms with Gasteiger partial charge in [-0.3, -0.25) is 0 Å². The summed E-state index contributed by atoms with van der Waals surface area (Å²) in [6, 6.07) is 25.9. The maximum Gasteiger partial charge on any atom is 0.142 e. The molecule has 1 atom stereocenters. The smallest absolute Gasteiger partial charge is 0.142 e. The van der Waals surface area contributed by atoms with Gasteiger partial charge in [0.15, 0.2) is 0 Å². The van der Waals surface area contributed by atoms with E-state index >= 15 is 0 Å². The Labute approximate surface area is 173 Å². The molecule has 0 spiro atoms. The van der Waals surface area contributed by atoms with E-state index in [1.54, 1.807) is 0 Å². The lowest BCUT2D eigenvalue weighted by molar-refractivity contribution is 0.217. The molecule has 0 radical (unpaired) electrons. The van der Waals surface area contributed by atoms with Crippen molar-refractivity contribution in [1.29, 1.82) is 0 Å². The highest BCUT2D eigenvalue weighted by molar-refractivity contribution is 5.56. The van der Waals surface area contributed by atoms with Crippen LogP contribution >= 0.6 is 0 Å². The third kappa shape index (κ3) is 6.75. The zero-order chi connectivity index (χ0) is 20.3. The van der Waals surface area contributed by atoms with Gasteiger partial charge in [-0.25, -0.2) is 0 Å². The minimum atomic E-state index is 0.230. The number of anilines is 1. The van der Waals surface area contributed by atoms with E-state index in [0.717, 1.165) is 29.4 Å². The molecule has 0 aromatic heterocycles. The Kier molecular flexibility index (Phi) is 7.81. The van der Waals surface area contributed by atoms with Crippen molar-refractivity contribution < 1.29 is 14.2 Å². The molecule has 3 aromatic rings. The summed E-state index contributed by atoms with van der Waals surface area (Å²) in [6.07, 6.45) is 1.23. The van der Waals surface area contributed by atoms with Crippen LogP contribution in [0.3, 0.4) is 0 Å². The van der Waals surface area contributed by atoms with Crippen LogP contribution in [0.4, 0.5) is 5.69 Å². The van der Waals surface area contributed by atoms with Crippen molar-refractivity contribution in [3.63, 3.8) is 0 Å². The first kappa shape index (κ1) is 20.6. The maximum atomic E-state index is 5.92. The first-order chi connectivity index (χ1) is 14.2. The summed E-state index contributed by atoms with van der Waals surface area (Å²) in [5, 5.41) is 3.45. The summed E-state index contributed by atoms with van der Waals surface area (Å²) >= 11 is 0. The maximum absolute atomic E-state index is 5.92. The Morgan fingerprint density at radius 1 is 0.759 bits per heavy atom. The van der Waals surface area contributed by atoms with Crippen molar-refractivity contribution >= 4 is 5.69 Å². The molecule has 29 heavy (non-hydrogen) atoms. The second-order valence-electron chi connectivity index (χ2n) is 6.84. The number of hydrogen-bond acceptors (Lipinski definition) is 4. The van der Waals surface area contributed by atoms with Crippen molar-refractivity contribution in [2.75, 3.05) is 18.5 Å². The molecule has 0 aliphatic carbocycles. The minimum absolute atomic E-state index is 0.230. The van der Waals surface area contributed by atoms with Gasteiger partial charge in [-0.2, -0.15) is 0 Å². The number of rotatable bonds is 11. The van der Waals surface area contributed by atoms with Gasteiger partial charge >= 0.3 is 0 Å². The Hall–Kier alpha value is -3.14. The van der Waals surface area contributed by atoms with Gasteiger partial charge in [0.05, 0.1) is 11.8 Å². The van der Waals surface area contributed by atoms with Crippen molar-refractivity contribution in [3.05, 3.63) is 84.4 Å². The Morgan fingerprint density at radius 2 is 1.45 bits per heavy atom. The van der Waals surface area contributed by atoms with Gasteiger partial charge in [0.1, 0.15) is 30.5 Å². The molecule has 3 rings (SSSR count). The van der Waals surface area contributed by atoms with Crippen molar-refractivity contribution in [3.8, 4) is 17.2 Å². The molecule has 0 bridgehead atoms. The predicted molar refractivity (Wildman–Crippen MR) is 118 cm³/mol. The molecule has 4 heteroatoms. The quantitative estimate of drug-likeness (QED) is 0.411. The first-order valence-corrected chi connectivity index (χ1v) is 10.1. The molecule has 0 saturated carbocycles. The molecule has 0 aliphatic heterocycles. The van der Waals surface area contributed by atoms with E-state index < -0.39 is 0 Å². The van der Waals surface area contributed by atoms with E-state index in [1.165, 1.54) is 5.56 Å². The first-order valence-electron chi connectivity index (χ1n) is 10.1.